The van der Waals surface area contributed by atoms with E-state index in [1.54, 1.807) is 16.7 Å². The van der Waals surface area contributed by atoms with Crippen molar-refractivity contribution in [3.63, 3.8) is 0 Å². The molecule has 3 aromatic rings. The van der Waals surface area contributed by atoms with Crippen LogP contribution in [0.3, 0.4) is 0 Å². The Labute approximate surface area is 116 Å². The summed E-state index contributed by atoms with van der Waals surface area (Å²) in [4.78, 5) is 10.9. The van der Waals surface area contributed by atoms with Crippen molar-refractivity contribution in [3.8, 4) is 0 Å². The molecular formula is C16H13N2O2+. The van der Waals surface area contributed by atoms with E-state index >= 15 is 0 Å². The van der Waals surface area contributed by atoms with E-state index < -0.39 is 0 Å². The van der Waals surface area contributed by atoms with E-state index in [1.807, 2.05) is 54.6 Å². The second-order valence-electron chi connectivity index (χ2n) is 4.58. The summed E-state index contributed by atoms with van der Waals surface area (Å²) in [5, 5.41) is 12.2. The molecule has 4 nitrogen and oxygen atoms in total. The van der Waals surface area contributed by atoms with E-state index in [-0.39, 0.29) is 10.7 Å². The summed E-state index contributed by atoms with van der Waals surface area (Å²) in [6, 6.07) is 20.8. The number of para-hydroxylation sites is 1. The molecule has 0 N–H and O–H groups in total. The minimum atomic E-state index is -0.338. The Kier molecular flexibility index (Phi) is 3.13. The number of rotatable bonds is 3. The first-order valence-electron chi connectivity index (χ1n) is 6.35. The zero-order valence-electron chi connectivity index (χ0n) is 10.8. The summed E-state index contributed by atoms with van der Waals surface area (Å²) in [7, 11) is 0. The van der Waals surface area contributed by atoms with Crippen LogP contribution in [0, 0.1) is 10.1 Å². The molecule has 0 aliphatic heterocycles. The van der Waals surface area contributed by atoms with Crippen molar-refractivity contribution in [2.75, 3.05) is 0 Å². The SMILES string of the molecule is O=[N+]([O-])c1ccc2ccccc2[n+]1Cc1ccccc1. The van der Waals surface area contributed by atoms with Crippen LogP contribution in [0.4, 0.5) is 5.82 Å². The van der Waals surface area contributed by atoms with Crippen LogP contribution in [0.5, 0.6) is 0 Å². The van der Waals surface area contributed by atoms with Gasteiger partial charge in [-0.3, -0.25) is 10.1 Å². The molecule has 4 heteroatoms. The molecule has 0 amide bonds. The number of fused-ring (bicyclic) bond motifs is 1. The highest BCUT2D eigenvalue weighted by Crippen LogP contribution is 2.15. The van der Waals surface area contributed by atoms with Crippen molar-refractivity contribution < 1.29 is 9.49 Å². The minimum Gasteiger partial charge on any atom is -0.253 e. The molecule has 0 bridgehead atoms. The third kappa shape index (κ3) is 2.23. The summed E-state index contributed by atoms with van der Waals surface area (Å²) in [6.45, 7) is 0.485. The van der Waals surface area contributed by atoms with Crippen LogP contribution in [0.1, 0.15) is 5.56 Å². The predicted molar refractivity (Wildman–Crippen MR) is 76.3 cm³/mol. The Morgan fingerprint density at radius 2 is 1.60 bits per heavy atom. The smallest absolute Gasteiger partial charge is 0.253 e. The van der Waals surface area contributed by atoms with Gasteiger partial charge in [0.15, 0.2) is 6.54 Å². The van der Waals surface area contributed by atoms with E-state index in [4.69, 9.17) is 0 Å². The fraction of sp³-hybridized carbons (Fsp3) is 0.0625. The molecule has 1 aromatic heterocycles. The summed E-state index contributed by atoms with van der Waals surface area (Å²) in [5.41, 5.74) is 1.91. The molecule has 98 valence electrons. The van der Waals surface area contributed by atoms with Crippen molar-refractivity contribution in [1.82, 2.24) is 0 Å². The molecule has 0 spiro atoms. The molecule has 2 aromatic carbocycles. The molecule has 0 saturated heterocycles. The highest BCUT2D eigenvalue weighted by Gasteiger charge is 2.24. The lowest BCUT2D eigenvalue weighted by molar-refractivity contribution is -0.708. The second kappa shape index (κ2) is 5.09. The third-order valence-electron chi connectivity index (χ3n) is 3.29. The third-order valence-corrected chi connectivity index (χ3v) is 3.29. The van der Waals surface area contributed by atoms with Gasteiger partial charge in [-0.15, -0.1) is 4.57 Å². The maximum Gasteiger partial charge on any atom is 0.502 e. The molecule has 0 aliphatic carbocycles. The van der Waals surface area contributed by atoms with Crippen LogP contribution in [0.25, 0.3) is 10.9 Å². The quantitative estimate of drug-likeness (QED) is 0.415. The molecule has 0 aliphatic rings. The molecule has 20 heavy (non-hydrogen) atoms. The monoisotopic (exact) mass is 265 g/mol. The first-order valence-corrected chi connectivity index (χ1v) is 6.35. The number of pyridine rings is 1. The number of benzene rings is 2. The molecular weight excluding hydrogens is 252 g/mol. The van der Waals surface area contributed by atoms with E-state index in [0.717, 1.165) is 16.5 Å². The molecule has 0 radical (unpaired) electrons. The Bertz CT molecular complexity index is 770. The van der Waals surface area contributed by atoms with Gasteiger partial charge in [-0.2, -0.15) is 0 Å². The van der Waals surface area contributed by atoms with Gasteiger partial charge < -0.3 is 0 Å². The van der Waals surface area contributed by atoms with Gasteiger partial charge in [0.05, 0.1) is 6.07 Å². The Hall–Kier alpha value is -2.75. The lowest BCUT2D eigenvalue weighted by atomic mass is 10.1. The number of hydrogen-bond donors (Lipinski definition) is 0. The number of aromatic nitrogens is 1. The average Bonchev–Trinajstić information content (AvgIpc) is 2.48. The predicted octanol–water partition coefficient (Wildman–Crippen LogP) is 3.08. The standard InChI is InChI=1S/C16H13N2O2/c19-18(20)16-11-10-14-8-4-5-9-15(14)17(16)12-13-6-2-1-3-7-13/h1-11H,12H2/q+1. The van der Waals surface area contributed by atoms with E-state index in [0.29, 0.717) is 6.54 Å². The molecule has 0 atom stereocenters. The molecule has 0 saturated carbocycles. The highest BCUT2D eigenvalue weighted by atomic mass is 16.6. The maximum absolute atomic E-state index is 11.2. The summed E-state index contributed by atoms with van der Waals surface area (Å²) >= 11 is 0. The van der Waals surface area contributed by atoms with Gasteiger partial charge in [0.2, 0.25) is 5.52 Å². The fourth-order valence-corrected chi connectivity index (χ4v) is 2.34. The maximum atomic E-state index is 11.2. The van der Waals surface area contributed by atoms with Crippen LogP contribution >= 0.6 is 0 Å². The van der Waals surface area contributed by atoms with Crippen molar-refractivity contribution in [2.24, 2.45) is 0 Å². The van der Waals surface area contributed by atoms with Gasteiger partial charge in [0, 0.05) is 17.0 Å². The minimum absolute atomic E-state index is 0.104. The van der Waals surface area contributed by atoms with E-state index in [1.165, 1.54) is 0 Å². The van der Waals surface area contributed by atoms with Crippen molar-refractivity contribution in [3.05, 3.63) is 82.4 Å². The number of hydrogen-bond acceptors (Lipinski definition) is 2. The van der Waals surface area contributed by atoms with E-state index in [9.17, 15) is 10.1 Å². The van der Waals surface area contributed by atoms with Crippen molar-refractivity contribution in [2.45, 2.75) is 6.54 Å². The van der Waals surface area contributed by atoms with Gasteiger partial charge in [-0.1, -0.05) is 42.5 Å². The summed E-state index contributed by atoms with van der Waals surface area (Å²) in [6.07, 6.45) is 0. The summed E-state index contributed by atoms with van der Waals surface area (Å²) < 4.78 is 1.74. The van der Waals surface area contributed by atoms with Crippen molar-refractivity contribution >= 4 is 16.7 Å². The van der Waals surface area contributed by atoms with Crippen LogP contribution in [-0.4, -0.2) is 4.92 Å². The van der Waals surface area contributed by atoms with Crippen LogP contribution in [0.2, 0.25) is 0 Å². The number of nitro groups is 1. The number of nitrogens with zero attached hydrogens (tertiary/aromatic N) is 2. The van der Waals surface area contributed by atoms with Gasteiger partial charge >= 0.3 is 5.82 Å². The van der Waals surface area contributed by atoms with Gasteiger partial charge in [-0.05, 0) is 12.1 Å². The van der Waals surface area contributed by atoms with Gasteiger partial charge in [0.1, 0.15) is 4.92 Å². The molecule has 0 fully saturated rings. The zero-order valence-corrected chi connectivity index (χ0v) is 10.8. The fourth-order valence-electron chi connectivity index (χ4n) is 2.34. The highest BCUT2D eigenvalue weighted by molar-refractivity contribution is 5.75. The summed E-state index contributed by atoms with van der Waals surface area (Å²) in [5.74, 6) is 0.104. The normalized spacial score (nSPS) is 10.6. The molecule has 0 unspecified atom stereocenters. The zero-order chi connectivity index (χ0) is 13.9. The second-order valence-corrected chi connectivity index (χ2v) is 4.58. The van der Waals surface area contributed by atoms with Gasteiger partial charge in [-0.25, -0.2) is 0 Å². The van der Waals surface area contributed by atoms with Gasteiger partial charge in [0.25, 0.3) is 0 Å². The lowest BCUT2D eigenvalue weighted by Crippen LogP contribution is -2.38. The first kappa shape index (κ1) is 12.3. The Morgan fingerprint density at radius 3 is 2.35 bits per heavy atom. The van der Waals surface area contributed by atoms with Crippen molar-refractivity contribution in [1.29, 1.82) is 0 Å². The van der Waals surface area contributed by atoms with Crippen LogP contribution in [-0.2, 0) is 6.54 Å². The van der Waals surface area contributed by atoms with Crippen LogP contribution in [0.15, 0.2) is 66.7 Å². The molecule has 3 rings (SSSR count). The van der Waals surface area contributed by atoms with Crippen LogP contribution < -0.4 is 4.57 Å². The Balaban J connectivity index is 2.20. The largest absolute Gasteiger partial charge is 0.502 e. The first-order chi connectivity index (χ1) is 9.75. The molecule has 1 heterocycles. The Morgan fingerprint density at radius 1 is 0.900 bits per heavy atom. The topological polar surface area (TPSA) is 47.0 Å². The van der Waals surface area contributed by atoms with E-state index in [2.05, 4.69) is 0 Å². The average molecular weight is 265 g/mol. The lowest BCUT2D eigenvalue weighted by Gasteiger charge is -2.02.